The van der Waals surface area contributed by atoms with E-state index in [0.29, 0.717) is 11.8 Å². The fourth-order valence-electron chi connectivity index (χ4n) is 2.73. The molecule has 3 aliphatic heterocycles. The van der Waals surface area contributed by atoms with Crippen LogP contribution in [-0.4, -0.2) is 50.3 Å². The molecule has 0 unspecified atom stereocenters. The van der Waals surface area contributed by atoms with E-state index in [2.05, 4.69) is 21.2 Å². The van der Waals surface area contributed by atoms with E-state index in [9.17, 15) is 0 Å². The molecule has 0 amide bonds. The number of nitrogens with zero attached hydrogens (tertiary/aromatic N) is 3. The molecular weight excluding hydrogens is 290 g/mol. The topological polar surface area (TPSA) is 117 Å². The van der Waals surface area contributed by atoms with Crippen molar-refractivity contribution in [2.45, 2.75) is 31.6 Å². The first-order valence-electron chi connectivity index (χ1n) is 7.30. The Bertz CT molecular complexity index is 600. The fraction of sp³-hybridized carbons (Fsp3) is 0.571. The molecule has 4 heterocycles. The molecule has 0 aromatic carbocycles. The lowest BCUT2D eigenvalue weighted by atomic mass is 9.85. The monoisotopic (exact) mass is 307 g/mol. The van der Waals surface area contributed by atoms with Crippen molar-refractivity contribution in [3.63, 3.8) is 0 Å². The summed E-state index contributed by atoms with van der Waals surface area (Å²) in [7, 11) is 0. The molecule has 2 fully saturated rings. The third-order valence-electron chi connectivity index (χ3n) is 4.10. The molecule has 1 aromatic rings. The summed E-state index contributed by atoms with van der Waals surface area (Å²) in [4.78, 5) is 25.1. The maximum absolute atomic E-state index is 9.10. The van der Waals surface area contributed by atoms with Crippen LogP contribution in [0.1, 0.15) is 43.3 Å². The highest BCUT2D eigenvalue weighted by Crippen LogP contribution is 2.41. The third-order valence-corrected chi connectivity index (χ3v) is 4.10. The van der Waals surface area contributed by atoms with E-state index < -0.39 is 11.9 Å². The van der Waals surface area contributed by atoms with Crippen LogP contribution in [0.3, 0.4) is 0 Å². The standard InChI is InChI=1S/C12H15N3O.C2H2O4/c1-2-9(1)12-13-11(14-16-12)10-7-15-5-3-8(10)4-6-15;3-1(4)2(5)6/h7-9H,1-6H2;(H,3,4)(H,5,6). The van der Waals surface area contributed by atoms with Crippen LogP contribution in [0.5, 0.6) is 0 Å². The van der Waals surface area contributed by atoms with Gasteiger partial charge < -0.3 is 19.6 Å². The number of hydrogen-bond acceptors (Lipinski definition) is 6. The highest BCUT2D eigenvalue weighted by molar-refractivity contribution is 6.27. The van der Waals surface area contributed by atoms with Crippen molar-refractivity contribution in [1.82, 2.24) is 15.0 Å². The normalized spacial score (nSPS) is 20.2. The van der Waals surface area contributed by atoms with Gasteiger partial charge >= 0.3 is 11.9 Å². The minimum Gasteiger partial charge on any atom is -0.473 e. The average molecular weight is 307 g/mol. The van der Waals surface area contributed by atoms with Gasteiger partial charge in [0, 0.05) is 30.8 Å². The van der Waals surface area contributed by atoms with Gasteiger partial charge in [0.15, 0.2) is 5.82 Å². The summed E-state index contributed by atoms with van der Waals surface area (Å²) >= 11 is 0. The molecule has 0 radical (unpaired) electrons. The Balaban J connectivity index is 0.000000209. The molecule has 8 nitrogen and oxygen atoms in total. The zero-order valence-electron chi connectivity index (χ0n) is 11.9. The molecule has 1 saturated heterocycles. The average Bonchev–Trinajstić information content (AvgIpc) is 3.26. The number of rotatable bonds is 2. The highest BCUT2D eigenvalue weighted by Gasteiger charge is 2.33. The Kier molecular flexibility index (Phi) is 3.82. The van der Waals surface area contributed by atoms with Crippen LogP contribution in [0.2, 0.25) is 0 Å². The van der Waals surface area contributed by atoms with E-state index >= 15 is 0 Å². The smallest absolute Gasteiger partial charge is 0.414 e. The molecule has 1 aromatic heterocycles. The predicted molar refractivity (Wildman–Crippen MR) is 73.8 cm³/mol. The lowest BCUT2D eigenvalue weighted by molar-refractivity contribution is -0.159. The van der Waals surface area contributed by atoms with Crippen LogP contribution in [0.25, 0.3) is 5.57 Å². The first-order chi connectivity index (χ1) is 10.5. The van der Waals surface area contributed by atoms with Gasteiger partial charge in [0.25, 0.3) is 0 Å². The number of aromatic nitrogens is 2. The molecular formula is C14H17N3O5. The minimum absolute atomic E-state index is 0.558. The minimum atomic E-state index is -1.82. The Labute approximate surface area is 126 Å². The van der Waals surface area contributed by atoms with E-state index in [1.54, 1.807) is 0 Å². The summed E-state index contributed by atoms with van der Waals surface area (Å²) in [5.74, 6) is -0.730. The van der Waals surface area contributed by atoms with Crippen LogP contribution in [0.4, 0.5) is 0 Å². The van der Waals surface area contributed by atoms with E-state index in [1.165, 1.54) is 44.3 Å². The van der Waals surface area contributed by atoms with Crippen molar-refractivity contribution in [2.24, 2.45) is 5.92 Å². The van der Waals surface area contributed by atoms with Gasteiger partial charge in [-0.3, -0.25) is 0 Å². The number of carbonyl (C=O) groups is 2. The second-order valence-corrected chi connectivity index (χ2v) is 5.74. The zero-order valence-corrected chi connectivity index (χ0v) is 11.9. The first-order valence-corrected chi connectivity index (χ1v) is 7.30. The van der Waals surface area contributed by atoms with Gasteiger partial charge in [0.1, 0.15) is 0 Å². The number of allylic oxidation sites excluding steroid dienone is 1. The molecule has 5 rings (SSSR count). The van der Waals surface area contributed by atoms with Crippen LogP contribution in [0, 0.1) is 5.92 Å². The largest absolute Gasteiger partial charge is 0.473 e. The molecule has 8 heteroatoms. The van der Waals surface area contributed by atoms with Crippen LogP contribution < -0.4 is 0 Å². The Morgan fingerprint density at radius 1 is 1.09 bits per heavy atom. The molecule has 4 aliphatic rings. The lowest BCUT2D eigenvalue weighted by Crippen LogP contribution is -2.35. The number of carboxylic acids is 2. The third kappa shape index (κ3) is 3.10. The quantitative estimate of drug-likeness (QED) is 0.782. The van der Waals surface area contributed by atoms with Gasteiger partial charge in [-0.1, -0.05) is 5.16 Å². The Morgan fingerprint density at radius 3 is 2.18 bits per heavy atom. The van der Waals surface area contributed by atoms with Crippen molar-refractivity contribution >= 4 is 17.5 Å². The highest BCUT2D eigenvalue weighted by atomic mass is 16.5. The summed E-state index contributed by atoms with van der Waals surface area (Å²) < 4.78 is 5.33. The Morgan fingerprint density at radius 2 is 1.73 bits per heavy atom. The maximum atomic E-state index is 9.10. The Hall–Kier alpha value is -2.38. The maximum Gasteiger partial charge on any atom is 0.414 e. The number of hydrogen-bond donors (Lipinski definition) is 2. The van der Waals surface area contributed by atoms with E-state index in [4.69, 9.17) is 24.3 Å². The second kappa shape index (κ2) is 5.78. The molecule has 0 spiro atoms. The van der Waals surface area contributed by atoms with Crippen molar-refractivity contribution in [2.75, 3.05) is 13.1 Å². The van der Waals surface area contributed by atoms with Gasteiger partial charge in [0.05, 0.1) is 0 Å². The van der Waals surface area contributed by atoms with Gasteiger partial charge in [-0.15, -0.1) is 0 Å². The number of aliphatic carboxylic acids is 2. The van der Waals surface area contributed by atoms with Crippen LogP contribution >= 0.6 is 0 Å². The summed E-state index contributed by atoms with van der Waals surface area (Å²) in [6, 6.07) is 0. The van der Waals surface area contributed by atoms with E-state index in [-0.39, 0.29) is 0 Å². The molecule has 2 bridgehead atoms. The lowest BCUT2D eigenvalue weighted by Gasteiger charge is -2.37. The SMILES string of the molecule is C1=C(c2noc(C3CC3)n2)C2CCN1CC2.O=C(O)C(=O)O. The molecule has 22 heavy (non-hydrogen) atoms. The molecule has 1 aliphatic carbocycles. The molecule has 1 saturated carbocycles. The van der Waals surface area contributed by atoms with Crippen molar-refractivity contribution in [3.8, 4) is 0 Å². The van der Waals surface area contributed by atoms with Crippen molar-refractivity contribution < 1.29 is 24.3 Å². The van der Waals surface area contributed by atoms with Crippen LogP contribution in [0.15, 0.2) is 10.7 Å². The van der Waals surface area contributed by atoms with Gasteiger partial charge in [-0.2, -0.15) is 4.98 Å². The fourth-order valence-corrected chi connectivity index (χ4v) is 2.73. The van der Waals surface area contributed by atoms with Gasteiger partial charge in [-0.25, -0.2) is 9.59 Å². The summed E-state index contributed by atoms with van der Waals surface area (Å²) in [5, 5.41) is 18.9. The van der Waals surface area contributed by atoms with E-state index in [1.807, 2.05) is 0 Å². The first kappa shape index (κ1) is 14.6. The van der Waals surface area contributed by atoms with Crippen LogP contribution in [-0.2, 0) is 9.59 Å². The zero-order chi connectivity index (χ0) is 15.7. The summed E-state index contributed by atoms with van der Waals surface area (Å²) in [6.07, 6.45) is 7.17. The molecule has 118 valence electrons. The van der Waals surface area contributed by atoms with Crippen molar-refractivity contribution in [3.05, 3.63) is 17.9 Å². The molecule has 2 N–H and O–H groups in total. The van der Waals surface area contributed by atoms with Crippen molar-refractivity contribution in [1.29, 1.82) is 0 Å². The predicted octanol–water partition coefficient (Wildman–Crippen LogP) is 1.17. The summed E-state index contributed by atoms with van der Waals surface area (Å²) in [5.41, 5.74) is 1.30. The second-order valence-electron chi connectivity index (χ2n) is 5.74. The number of piperidine rings is 1. The van der Waals surface area contributed by atoms with Gasteiger partial charge in [-0.05, 0) is 31.6 Å². The van der Waals surface area contributed by atoms with E-state index in [0.717, 1.165) is 11.7 Å². The number of carboxylic acid groups (broad SMARTS) is 2. The summed E-state index contributed by atoms with van der Waals surface area (Å²) in [6.45, 7) is 2.39. The number of fused-ring (bicyclic) bond motifs is 2. The molecule has 0 atom stereocenters. The van der Waals surface area contributed by atoms with Gasteiger partial charge in [0.2, 0.25) is 5.89 Å².